The number of phenols is 3. The fraction of sp³-hybridized carbons (Fsp3) is 0. The highest BCUT2D eigenvalue weighted by Crippen LogP contribution is 2.52. The molecule has 1 heterocycles. The smallest absolute Gasteiger partial charge is 0.382 e. The van der Waals surface area contributed by atoms with E-state index in [-0.39, 0.29) is 0 Å². The average Bonchev–Trinajstić information content (AvgIpc) is 2.34. The topological polar surface area (TPSA) is 141 Å². The van der Waals surface area contributed by atoms with E-state index in [1.165, 1.54) is 23.0 Å². The summed E-state index contributed by atoms with van der Waals surface area (Å²) in [7, 11) is 0. The second-order valence-electron chi connectivity index (χ2n) is 3.24. The molecule has 0 atom stereocenters. The zero-order valence-electron chi connectivity index (χ0n) is 8.34. The van der Waals surface area contributed by atoms with Crippen molar-refractivity contribution < 1.29 is 33.0 Å². The van der Waals surface area contributed by atoms with Crippen LogP contribution in [0.5, 0.6) is 34.5 Å². The summed E-state index contributed by atoms with van der Waals surface area (Å²) >= 11 is 1.33. The third-order valence-corrected chi connectivity index (χ3v) is 2.70. The molecule has 1 aromatic heterocycles. The Bertz CT molecular complexity index is 704. The molecule has 1 aromatic carbocycles. The quantitative estimate of drug-likeness (QED) is 0.286. The molecule has 96 valence electrons. The van der Waals surface area contributed by atoms with Gasteiger partial charge in [-0.25, -0.2) is 4.79 Å². The van der Waals surface area contributed by atoms with Crippen molar-refractivity contribution in [1.29, 1.82) is 0 Å². The molecule has 0 saturated heterocycles. The molecule has 9 heteroatoms. The number of rotatable bonds is 1. The molecule has 0 aliphatic heterocycles. The highest BCUT2D eigenvalue weighted by atomic mass is 127. The molecule has 0 radical (unpaired) electrons. The molecular formula is C9H5IO8. The van der Waals surface area contributed by atoms with E-state index >= 15 is 0 Å². The van der Waals surface area contributed by atoms with Crippen molar-refractivity contribution in [3.05, 3.63) is 10.4 Å². The lowest BCUT2D eigenvalue weighted by Crippen LogP contribution is -1.99. The maximum atomic E-state index is 11.2. The molecular weight excluding hydrogens is 363 g/mol. The van der Waals surface area contributed by atoms with Gasteiger partial charge in [-0.2, -0.15) is 0 Å². The van der Waals surface area contributed by atoms with Gasteiger partial charge in [0.2, 0.25) is 23.0 Å². The molecule has 0 unspecified atom stereocenters. The molecule has 0 aliphatic rings. The molecule has 2 rings (SSSR count). The lowest BCUT2D eigenvalue weighted by Gasteiger charge is -2.10. The molecule has 0 saturated carbocycles. The molecule has 0 spiro atoms. The fourth-order valence-corrected chi connectivity index (χ4v) is 1.82. The maximum Gasteiger partial charge on any atom is 0.382 e. The minimum absolute atomic E-state index is 0.478. The summed E-state index contributed by atoms with van der Waals surface area (Å²) in [6.45, 7) is 0. The second-order valence-corrected chi connectivity index (χ2v) is 3.68. The van der Waals surface area contributed by atoms with Crippen LogP contribution < -0.4 is 8.69 Å². The van der Waals surface area contributed by atoms with Crippen molar-refractivity contribution in [3.63, 3.8) is 0 Å². The Hall–Kier alpha value is -2.04. The van der Waals surface area contributed by atoms with Crippen LogP contribution >= 0.6 is 23.0 Å². The van der Waals surface area contributed by atoms with E-state index in [2.05, 4.69) is 7.48 Å². The summed E-state index contributed by atoms with van der Waals surface area (Å²) in [5.41, 5.74) is -1.81. The number of fused-ring (bicyclic) bond motifs is 1. The minimum Gasteiger partial charge on any atom is -0.504 e. The second kappa shape index (κ2) is 4.01. The van der Waals surface area contributed by atoms with Gasteiger partial charge < -0.3 is 33.0 Å². The summed E-state index contributed by atoms with van der Waals surface area (Å²) < 4.78 is 9.25. The summed E-state index contributed by atoms with van der Waals surface area (Å²) in [5.74, 6) is -5.43. The average molecular weight is 368 g/mol. The van der Waals surface area contributed by atoms with Crippen LogP contribution in [0.4, 0.5) is 0 Å². The summed E-state index contributed by atoms with van der Waals surface area (Å²) in [6, 6.07) is 0. The van der Waals surface area contributed by atoms with Gasteiger partial charge in [0, 0.05) is 0 Å². The van der Waals surface area contributed by atoms with Gasteiger partial charge in [-0.1, -0.05) is 0 Å². The number of hydrogen-bond acceptors (Lipinski definition) is 8. The van der Waals surface area contributed by atoms with E-state index in [0.29, 0.717) is 0 Å². The van der Waals surface area contributed by atoms with E-state index in [1.807, 2.05) is 0 Å². The van der Waals surface area contributed by atoms with Crippen LogP contribution in [0, 0.1) is 0 Å². The van der Waals surface area contributed by atoms with E-state index in [4.69, 9.17) is 0 Å². The summed E-state index contributed by atoms with van der Waals surface area (Å²) in [5, 5.41) is 46.6. The largest absolute Gasteiger partial charge is 0.504 e. The first-order valence-electron chi connectivity index (χ1n) is 4.34. The molecule has 8 nitrogen and oxygen atoms in total. The van der Waals surface area contributed by atoms with Gasteiger partial charge in [-0.3, -0.25) is 0 Å². The van der Waals surface area contributed by atoms with Gasteiger partial charge in [0.25, 0.3) is 0 Å². The van der Waals surface area contributed by atoms with E-state index in [9.17, 15) is 30.3 Å². The molecule has 5 N–H and O–H groups in total. The molecule has 2 aromatic rings. The van der Waals surface area contributed by atoms with Crippen LogP contribution in [-0.2, 0) is 0 Å². The molecule has 0 amide bonds. The van der Waals surface area contributed by atoms with Gasteiger partial charge >= 0.3 is 5.63 Å². The number of hydrogen-bond donors (Lipinski definition) is 5. The molecule has 0 aliphatic carbocycles. The van der Waals surface area contributed by atoms with E-state index in [1.54, 1.807) is 0 Å². The Morgan fingerprint density at radius 3 is 2.00 bits per heavy atom. The lowest BCUT2D eigenvalue weighted by atomic mass is 10.1. The van der Waals surface area contributed by atoms with Gasteiger partial charge in [0.1, 0.15) is 5.39 Å². The minimum atomic E-state index is -1.29. The van der Waals surface area contributed by atoms with Gasteiger partial charge in [-0.05, 0) is 0 Å². The lowest BCUT2D eigenvalue weighted by molar-refractivity contribution is 0.353. The predicted molar refractivity (Wildman–Crippen MR) is 65.5 cm³/mol. The van der Waals surface area contributed by atoms with Crippen LogP contribution in [-0.4, -0.2) is 25.5 Å². The monoisotopic (exact) mass is 368 g/mol. The van der Waals surface area contributed by atoms with Gasteiger partial charge in [0.05, 0.1) is 0 Å². The van der Waals surface area contributed by atoms with E-state index in [0.717, 1.165) is 0 Å². The third kappa shape index (κ3) is 1.47. The first-order valence-corrected chi connectivity index (χ1v) is 5.22. The number of aromatic hydroxyl groups is 5. The normalized spacial score (nSPS) is 10.7. The molecule has 0 fully saturated rings. The zero-order chi connectivity index (χ0) is 13.6. The van der Waals surface area contributed by atoms with Crippen LogP contribution in [0.2, 0.25) is 0 Å². The first kappa shape index (κ1) is 12.4. The Morgan fingerprint density at radius 1 is 0.889 bits per heavy atom. The van der Waals surface area contributed by atoms with Crippen LogP contribution in [0.1, 0.15) is 0 Å². The summed E-state index contributed by atoms with van der Waals surface area (Å²) in [4.78, 5) is 11.2. The standard InChI is InChI=1S/C9H5IO8/c10-18-8-5(14)4(13)2(11)1-3(12)6(15)9(16)17-7(1)8/h11-15H. The molecule has 18 heavy (non-hydrogen) atoms. The number of halogens is 1. The van der Waals surface area contributed by atoms with Crippen molar-refractivity contribution in [3.8, 4) is 34.5 Å². The Kier molecular flexibility index (Phi) is 2.77. The van der Waals surface area contributed by atoms with Crippen molar-refractivity contribution >= 4 is 34.0 Å². The van der Waals surface area contributed by atoms with Gasteiger partial charge in [0.15, 0.2) is 40.1 Å². The Morgan fingerprint density at radius 2 is 1.44 bits per heavy atom. The highest BCUT2D eigenvalue weighted by Gasteiger charge is 2.27. The number of benzene rings is 1. The Labute approximate surface area is 112 Å². The molecule has 0 bridgehead atoms. The summed E-state index contributed by atoms with van der Waals surface area (Å²) in [6.07, 6.45) is 0. The first-order chi connectivity index (χ1) is 8.40. The SMILES string of the molecule is O=c1oc2c(OI)c(O)c(O)c(O)c2c(O)c1O. The third-order valence-electron chi connectivity index (χ3n) is 2.26. The maximum absolute atomic E-state index is 11.2. The van der Waals surface area contributed by atoms with Gasteiger partial charge in [-0.15, -0.1) is 0 Å². The van der Waals surface area contributed by atoms with Crippen molar-refractivity contribution in [2.45, 2.75) is 0 Å². The van der Waals surface area contributed by atoms with Crippen LogP contribution in [0.25, 0.3) is 11.0 Å². The highest BCUT2D eigenvalue weighted by molar-refractivity contribution is 14.1. The Balaban J connectivity index is 3.16. The van der Waals surface area contributed by atoms with Crippen molar-refractivity contribution in [2.75, 3.05) is 0 Å². The predicted octanol–water partition coefficient (Wildman–Crippen LogP) is 1.05. The van der Waals surface area contributed by atoms with Crippen LogP contribution in [0.15, 0.2) is 9.21 Å². The number of phenolic OH excluding ortho intramolecular Hbond substituents is 3. The van der Waals surface area contributed by atoms with Crippen molar-refractivity contribution in [2.24, 2.45) is 0 Å². The van der Waals surface area contributed by atoms with Crippen molar-refractivity contribution in [1.82, 2.24) is 0 Å². The fourth-order valence-electron chi connectivity index (χ4n) is 1.41. The van der Waals surface area contributed by atoms with E-state index < -0.39 is 51.1 Å². The zero-order valence-corrected chi connectivity index (χ0v) is 10.5. The van der Waals surface area contributed by atoms with Crippen LogP contribution in [0.3, 0.4) is 0 Å².